The molecule has 0 saturated carbocycles. The van der Waals surface area contributed by atoms with Gasteiger partial charge >= 0.3 is 6.03 Å². The smallest absolute Gasteiger partial charge is 0.323 e. The van der Waals surface area contributed by atoms with Crippen LogP contribution in [0.25, 0.3) is 0 Å². The van der Waals surface area contributed by atoms with Crippen LogP contribution in [0, 0.1) is 10.1 Å². The Morgan fingerprint density at radius 1 is 1.13 bits per heavy atom. The van der Waals surface area contributed by atoms with Crippen molar-refractivity contribution in [1.82, 2.24) is 0 Å². The average Bonchev–Trinajstić information content (AvgIpc) is 2.50. The number of nitrogens with zero attached hydrogens (tertiary/aromatic N) is 1. The molecule has 0 radical (unpaired) electrons. The van der Waals surface area contributed by atoms with Crippen LogP contribution in [0.1, 0.15) is 0 Å². The molecule has 0 heterocycles. The second kappa shape index (κ2) is 7.17. The number of anilines is 2. The van der Waals surface area contributed by atoms with Crippen molar-refractivity contribution in [3.63, 3.8) is 0 Å². The Labute approximate surface area is 141 Å². The van der Waals surface area contributed by atoms with E-state index in [1.54, 1.807) is 6.07 Å². The Bertz CT molecular complexity index is 768. The zero-order valence-electron chi connectivity index (χ0n) is 11.8. The van der Waals surface area contributed by atoms with Gasteiger partial charge in [0, 0.05) is 17.8 Å². The Hall–Kier alpha value is -2.51. The molecule has 2 aromatic rings. The monoisotopic (exact) mass is 355 g/mol. The van der Waals surface area contributed by atoms with Crippen LogP contribution in [0.2, 0.25) is 10.0 Å². The van der Waals surface area contributed by atoms with E-state index in [-0.39, 0.29) is 16.4 Å². The molecule has 0 aliphatic rings. The summed E-state index contributed by atoms with van der Waals surface area (Å²) in [5.74, 6) is 0.292. The van der Waals surface area contributed by atoms with Crippen LogP contribution in [-0.2, 0) is 0 Å². The predicted molar refractivity (Wildman–Crippen MR) is 88.8 cm³/mol. The standard InChI is InChI=1S/C14H11Cl2N3O4/c1-23-13-5-3-9(19(21)22)7-12(13)18-14(20)17-8-2-4-10(15)11(16)6-8/h2-7H,1H3,(H2,17,18,20). The Morgan fingerprint density at radius 3 is 2.48 bits per heavy atom. The van der Waals surface area contributed by atoms with Gasteiger partial charge in [0.15, 0.2) is 0 Å². The Kier molecular flexibility index (Phi) is 5.25. The van der Waals surface area contributed by atoms with Crippen LogP contribution in [0.4, 0.5) is 21.9 Å². The van der Waals surface area contributed by atoms with Gasteiger partial charge in [-0.15, -0.1) is 0 Å². The lowest BCUT2D eigenvalue weighted by atomic mass is 10.2. The van der Waals surface area contributed by atoms with E-state index in [1.807, 2.05) is 0 Å². The van der Waals surface area contributed by atoms with Crippen molar-refractivity contribution >= 4 is 46.3 Å². The van der Waals surface area contributed by atoms with Gasteiger partial charge in [-0.1, -0.05) is 23.2 Å². The highest BCUT2D eigenvalue weighted by Crippen LogP contribution is 2.29. The number of hydrogen-bond donors (Lipinski definition) is 2. The summed E-state index contributed by atoms with van der Waals surface area (Å²) in [5.41, 5.74) is 0.413. The number of carbonyl (C=O) groups excluding carboxylic acids is 1. The first-order valence-corrected chi connectivity index (χ1v) is 7.02. The quantitative estimate of drug-likeness (QED) is 0.621. The molecule has 2 aromatic carbocycles. The molecule has 2 amide bonds. The Morgan fingerprint density at radius 2 is 1.87 bits per heavy atom. The van der Waals surface area contributed by atoms with Gasteiger partial charge in [0.2, 0.25) is 0 Å². The van der Waals surface area contributed by atoms with Gasteiger partial charge in [0.25, 0.3) is 5.69 Å². The summed E-state index contributed by atoms with van der Waals surface area (Å²) < 4.78 is 5.06. The van der Waals surface area contributed by atoms with E-state index in [0.29, 0.717) is 16.5 Å². The summed E-state index contributed by atoms with van der Waals surface area (Å²) in [6, 6.07) is 7.85. The summed E-state index contributed by atoms with van der Waals surface area (Å²) >= 11 is 11.7. The van der Waals surface area contributed by atoms with E-state index in [0.717, 1.165) is 0 Å². The average molecular weight is 356 g/mol. The number of halogens is 2. The zero-order valence-corrected chi connectivity index (χ0v) is 13.3. The maximum Gasteiger partial charge on any atom is 0.323 e. The van der Waals surface area contributed by atoms with Gasteiger partial charge in [-0.05, 0) is 24.3 Å². The largest absolute Gasteiger partial charge is 0.495 e. The fourth-order valence-corrected chi connectivity index (χ4v) is 2.06. The van der Waals surface area contributed by atoms with Crippen LogP contribution >= 0.6 is 23.2 Å². The number of ether oxygens (including phenoxy) is 1. The number of nitro benzene ring substituents is 1. The topological polar surface area (TPSA) is 93.5 Å². The van der Waals surface area contributed by atoms with Gasteiger partial charge in [0.05, 0.1) is 27.8 Å². The first kappa shape index (κ1) is 16.9. The molecule has 0 fully saturated rings. The number of hydrogen-bond acceptors (Lipinski definition) is 4. The number of nitrogens with one attached hydrogen (secondary N) is 2. The summed E-state index contributed by atoms with van der Waals surface area (Å²) in [7, 11) is 1.39. The molecule has 23 heavy (non-hydrogen) atoms. The van der Waals surface area contributed by atoms with Crippen molar-refractivity contribution in [2.75, 3.05) is 17.7 Å². The molecule has 0 unspecified atom stereocenters. The lowest BCUT2D eigenvalue weighted by Gasteiger charge is -2.11. The van der Waals surface area contributed by atoms with Crippen LogP contribution in [0.5, 0.6) is 5.75 Å². The van der Waals surface area contributed by atoms with E-state index in [9.17, 15) is 14.9 Å². The predicted octanol–water partition coefficient (Wildman–Crippen LogP) is 4.55. The SMILES string of the molecule is COc1ccc([N+](=O)[O-])cc1NC(=O)Nc1ccc(Cl)c(Cl)c1. The third-order valence-corrected chi connectivity index (χ3v) is 3.56. The fraction of sp³-hybridized carbons (Fsp3) is 0.0714. The molecular weight excluding hydrogens is 345 g/mol. The summed E-state index contributed by atoms with van der Waals surface area (Å²) in [6.07, 6.45) is 0. The van der Waals surface area contributed by atoms with Crippen molar-refractivity contribution in [3.05, 3.63) is 56.6 Å². The number of benzene rings is 2. The maximum absolute atomic E-state index is 12.0. The highest BCUT2D eigenvalue weighted by Gasteiger charge is 2.14. The molecule has 9 heteroatoms. The number of carbonyl (C=O) groups is 1. The molecule has 0 spiro atoms. The van der Waals surface area contributed by atoms with E-state index in [2.05, 4.69) is 10.6 Å². The molecule has 120 valence electrons. The fourth-order valence-electron chi connectivity index (χ4n) is 1.77. The molecule has 2 rings (SSSR count). The minimum Gasteiger partial charge on any atom is -0.495 e. The third-order valence-electron chi connectivity index (χ3n) is 2.82. The van der Waals surface area contributed by atoms with Crippen molar-refractivity contribution in [2.24, 2.45) is 0 Å². The maximum atomic E-state index is 12.0. The highest BCUT2D eigenvalue weighted by atomic mass is 35.5. The zero-order chi connectivity index (χ0) is 17.0. The van der Waals surface area contributed by atoms with E-state index in [1.165, 1.54) is 37.4 Å². The van der Waals surface area contributed by atoms with Crippen molar-refractivity contribution in [3.8, 4) is 5.75 Å². The molecule has 0 aromatic heterocycles. The van der Waals surface area contributed by atoms with Gasteiger partial charge in [-0.2, -0.15) is 0 Å². The normalized spacial score (nSPS) is 10.0. The van der Waals surface area contributed by atoms with E-state index < -0.39 is 11.0 Å². The van der Waals surface area contributed by atoms with Gasteiger partial charge in [0.1, 0.15) is 5.75 Å². The number of urea groups is 1. The second-order valence-electron chi connectivity index (χ2n) is 4.35. The van der Waals surface area contributed by atoms with Crippen molar-refractivity contribution in [2.45, 2.75) is 0 Å². The van der Waals surface area contributed by atoms with E-state index in [4.69, 9.17) is 27.9 Å². The van der Waals surface area contributed by atoms with Crippen LogP contribution < -0.4 is 15.4 Å². The molecule has 0 bridgehead atoms. The Balaban J connectivity index is 2.17. The minimum atomic E-state index is -0.609. The molecule has 0 aliphatic carbocycles. The first-order valence-electron chi connectivity index (χ1n) is 6.26. The summed E-state index contributed by atoms with van der Waals surface area (Å²) in [4.78, 5) is 22.2. The molecule has 0 atom stereocenters. The summed E-state index contributed by atoms with van der Waals surface area (Å²) in [5, 5.41) is 16.5. The lowest BCUT2D eigenvalue weighted by molar-refractivity contribution is -0.384. The number of nitro groups is 1. The number of rotatable bonds is 4. The minimum absolute atomic E-state index is 0.166. The second-order valence-corrected chi connectivity index (χ2v) is 5.16. The number of methoxy groups -OCH3 is 1. The van der Waals surface area contributed by atoms with Crippen LogP contribution in [-0.4, -0.2) is 18.1 Å². The third kappa shape index (κ3) is 4.24. The van der Waals surface area contributed by atoms with Crippen LogP contribution in [0.15, 0.2) is 36.4 Å². The molecule has 0 aliphatic heterocycles. The van der Waals surface area contributed by atoms with Gasteiger partial charge in [-0.25, -0.2) is 4.79 Å². The molecule has 2 N–H and O–H groups in total. The number of non-ortho nitro benzene ring substituents is 1. The van der Waals surface area contributed by atoms with Gasteiger partial charge in [-0.3, -0.25) is 10.1 Å². The van der Waals surface area contributed by atoms with E-state index >= 15 is 0 Å². The highest BCUT2D eigenvalue weighted by molar-refractivity contribution is 6.42. The molecular formula is C14H11Cl2N3O4. The summed E-state index contributed by atoms with van der Waals surface area (Å²) in [6.45, 7) is 0. The number of amides is 2. The van der Waals surface area contributed by atoms with Gasteiger partial charge < -0.3 is 15.4 Å². The van der Waals surface area contributed by atoms with Crippen molar-refractivity contribution in [1.29, 1.82) is 0 Å². The molecule has 7 nitrogen and oxygen atoms in total. The lowest BCUT2D eigenvalue weighted by Crippen LogP contribution is -2.19. The first-order chi connectivity index (χ1) is 10.9. The van der Waals surface area contributed by atoms with Crippen LogP contribution in [0.3, 0.4) is 0 Å². The molecule has 0 saturated heterocycles. The van der Waals surface area contributed by atoms with Crippen molar-refractivity contribution < 1.29 is 14.5 Å².